The molecule has 4 N–H and O–H groups in total. The fourth-order valence-electron chi connectivity index (χ4n) is 4.37. The number of rotatable bonds is 10. The molecule has 234 valence electrons. The van der Waals surface area contributed by atoms with Crippen LogP contribution < -0.4 is 24.7 Å². The smallest absolute Gasteiger partial charge is 0.308 e. The topological polar surface area (TPSA) is 157 Å². The van der Waals surface area contributed by atoms with Crippen molar-refractivity contribution in [3.63, 3.8) is 0 Å². The van der Waals surface area contributed by atoms with Crippen molar-refractivity contribution in [2.24, 2.45) is 11.7 Å². The lowest BCUT2D eigenvalue weighted by Crippen LogP contribution is -2.15. The van der Waals surface area contributed by atoms with Crippen LogP contribution in [0.5, 0.6) is 23.0 Å². The van der Waals surface area contributed by atoms with E-state index in [4.69, 9.17) is 40.2 Å². The molecule has 1 aliphatic heterocycles. The SMILES string of the molecule is CC(CO)C(=O)O.Cc1c(COc2cc(OCc3cncc(C#N)c3)c(CN)cc2F)cccc1-c1ccc2c(c1)OCCO2. The summed E-state index contributed by atoms with van der Waals surface area (Å²) < 4.78 is 38.1. The highest BCUT2D eigenvalue weighted by atomic mass is 19.1. The van der Waals surface area contributed by atoms with Gasteiger partial charge >= 0.3 is 5.97 Å². The molecule has 0 saturated heterocycles. The number of nitrogens with two attached hydrogens (primary N) is 1. The molecular formula is C34H34FN3O7. The maximum atomic E-state index is 14.9. The van der Waals surface area contributed by atoms with Gasteiger partial charge in [0, 0.05) is 36.1 Å². The molecule has 0 saturated carbocycles. The molecule has 2 heterocycles. The molecule has 0 spiro atoms. The van der Waals surface area contributed by atoms with Gasteiger partial charge in [-0.2, -0.15) is 5.26 Å². The van der Waals surface area contributed by atoms with Gasteiger partial charge in [0.25, 0.3) is 0 Å². The van der Waals surface area contributed by atoms with Crippen molar-refractivity contribution in [2.75, 3.05) is 19.8 Å². The second kappa shape index (κ2) is 15.5. The first-order valence-electron chi connectivity index (χ1n) is 14.2. The molecule has 0 radical (unpaired) electrons. The van der Waals surface area contributed by atoms with Gasteiger partial charge in [0.05, 0.1) is 18.1 Å². The van der Waals surface area contributed by atoms with Crippen molar-refractivity contribution in [1.82, 2.24) is 4.98 Å². The Morgan fingerprint density at radius 1 is 1.04 bits per heavy atom. The van der Waals surface area contributed by atoms with Crippen molar-refractivity contribution < 1.29 is 38.3 Å². The molecule has 4 aromatic rings. The Labute approximate surface area is 260 Å². The van der Waals surface area contributed by atoms with Gasteiger partial charge in [-0.3, -0.25) is 9.78 Å². The summed E-state index contributed by atoms with van der Waals surface area (Å²) in [5.74, 6) is -0.174. The zero-order valence-corrected chi connectivity index (χ0v) is 25.0. The minimum atomic E-state index is -0.956. The van der Waals surface area contributed by atoms with Gasteiger partial charge in [0.2, 0.25) is 0 Å². The summed E-state index contributed by atoms with van der Waals surface area (Å²) >= 11 is 0. The van der Waals surface area contributed by atoms with Gasteiger partial charge in [-0.25, -0.2) is 4.39 Å². The zero-order chi connectivity index (χ0) is 32.3. The number of carboxylic acids is 1. The van der Waals surface area contributed by atoms with Gasteiger partial charge in [-0.05, 0) is 60.4 Å². The van der Waals surface area contributed by atoms with Crippen molar-refractivity contribution in [2.45, 2.75) is 33.6 Å². The van der Waals surface area contributed by atoms with E-state index in [-0.39, 0.29) is 32.1 Å². The zero-order valence-electron chi connectivity index (χ0n) is 25.0. The van der Waals surface area contributed by atoms with E-state index >= 15 is 0 Å². The van der Waals surface area contributed by atoms with E-state index in [0.29, 0.717) is 35.7 Å². The monoisotopic (exact) mass is 615 g/mol. The van der Waals surface area contributed by atoms with Crippen LogP contribution in [0, 0.1) is 30.0 Å². The predicted molar refractivity (Wildman–Crippen MR) is 163 cm³/mol. The number of aliphatic carboxylic acids is 1. The number of aliphatic hydroxyl groups is 1. The molecule has 1 atom stereocenters. The van der Waals surface area contributed by atoms with Crippen molar-refractivity contribution in [1.29, 1.82) is 5.26 Å². The van der Waals surface area contributed by atoms with Crippen molar-refractivity contribution in [3.8, 4) is 40.2 Å². The number of pyridine rings is 1. The van der Waals surface area contributed by atoms with Crippen LogP contribution in [0.2, 0.25) is 0 Å². The molecule has 1 aromatic heterocycles. The van der Waals surface area contributed by atoms with Crippen LogP contribution in [0.1, 0.15) is 34.7 Å². The Morgan fingerprint density at radius 2 is 1.80 bits per heavy atom. The highest BCUT2D eigenvalue weighted by Crippen LogP contribution is 2.36. The number of benzene rings is 3. The third kappa shape index (κ3) is 8.47. The van der Waals surface area contributed by atoms with E-state index < -0.39 is 17.7 Å². The number of nitrogens with zero attached hydrogens (tertiary/aromatic N) is 2. The number of ether oxygens (including phenoxy) is 4. The van der Waals surface area contributed by atoms with E-state index in [2.05, 4.69) is 4.98 Å². The fraction of sp³-hybridized carbons (Fsp3) is 0.265. The van der Waals surface area contributed by atoms with E-state index in [1.165, 1.54) is 25.3 Å². The summed E-state index contributed by atoms with van der Waals surface area (Å²) in [6.07, 6.45) is 3.09. The van der Waals surface area contributed by atoms with Gasteiger partial charge in [-0.15, -0.1) is 0 Å². The molecule has 0 fully saturated rings. The summed E-state index contributed by atoms with van der Waals surface area (Å²) in [4.78, 5) is 13.8. The number of halogens is 1. The van der Waals surface area contributed by atoms with Crippen LogP contribution in [0.15, 0.2) is 67.0 Å². The predicted octanol–water partition coefficient (Wildman–Crippen LogP) is 5.16. The molecule has 3 aromatic carbocycles. The number of aromatic nitrogens is 1. The van der Waals surface area contributed by atoms with Gasteiger partial charge < -0.3 is 34.9 Å². The highest BCUT2D eigenvalue weighted by Gasteiger charge is 2.16. The lowest BCUT2D eigenvalue weighted by molar-refractivity contribution is -0.142. The standard InChI is InChI=1S/C30H26FN3O4.C4H8O3/c1-19-23(3-2-4-25(19)22-5-6-27-30(11-22)36-8-7-35-27)18-38-29-12-28(24(14-33)10-26(29)31)37-17-21-9-20(13-32)15-34-16-21;1-3(2-5)4(6)7/h2-6,9-12,15-16H,7-8,14,17-18,33H2,1H3;3,5H,2H2,1H3,(H,6,7). The summed E-state index contributed by atoms with van der Waals surface area (Å²) in [5.41, 5.74) is 11.4. The van der Waals surface area contributed by atoms with Crippen molar-refractivity contribution in [3.05, 3.63) is 101 Å². The molecule has 45 heavy (non-hydrogen) atoms. The maximum Gasteiger partial charge on any atom is 0.308 e. The number of nitriles is 1. The van der Waals surface area contributed by atoms with E-state index in [1.54, 1.807) is 12.3 Å². The van der Waals surface area contributed by atoms with E-state index in [0.717, 1.165) is 33.8 Å². The molecule has 10 nitrogen and oxygen atoms in total. The molecule has 0 amide bonds. The lowest BCUT2D eigenvalue weighted by atomic mass is 9.96. The van der Waals surface area contributed by atoms with Crippen LogP contribution in [0.25, 0.3) is 11.1 Å². The Hall–Kier alpha value is -5.18. The maximum absolute atomic E-state index is 14.9. The third-order valence-corrected chi connectivity index (χ3v) is 7.03. The minimum absolute atomic E-state index is 0.0604. The van der Waals surface area contributed by atoms with Crippen LogP contribution in [0.3, 0.4) is 0 Å². The Morgan fingerprint density at radius 3 is 2.49 bits per heavy atom. The third-order valence-electron chi connectivity index (χ3n) is 7.03. The first-order chi connectivity index (χ1) is 21.7. The molecule has 0 aliphatic carbocycles. The average Bonchev–Trinajstić information content (AvgIpc) is 3.07. The second-order valence-corrected chi connectivity index (χ2v) is 10.2. The second-order valence-electron chi connectivity index (χ2n) is 10.2. The Balaban J connectivity index is 0.000000591. The summed E-state index contributed by atoms with van der Waals surface area (Å²) in [7, 11) is 0. The van der Waals surface area contributed by atoms with Gasteiger partial charge in [0.15, 0.2) is 23.1 Å². The van der Waals surface area contributed by atoms with Gasteiger partial charge in [-0.1, -0.05) is 24.3 Å². The number of fused-ring (bicyclic) bond motifs is 1. The lowest BCUT2D eigenvalue weighted by Gasteiger charge is -2.20. The van der Waals surface area contributed by atoms with Gasteiger partial charge in [0.1, 0.15) is 38.2 Å². The van der Waals surface area contributed by atoms with E-state index in [9.17, 15) is 9.18 Å². The highest BCUT2D eigenvalue weighted by molar-refractivity contribution is 5.71. The minimum Gasteiger partial charge on any atom is -0.488 e. The first-order valence-corrected chi connectivity index (χ1v) is 14.2. The molecular weight excluding hydrogens is 581 g/mol. The summed E-state index contributed by atoms with van der Waals surface area (Å²) in [6, 6.07) is 18.4. The molecule has 1 aliphatic rings. The fourth-order valence-corrected chi connectivity index (χ4v) is 4.37. The van der Waals surface area contributed by atoms with Crippen molar-refractivity contribution >= 4 is 5.97 Å². The summed E-state index contributed by atoms with van der Waals surface area (Å²) in [6.45, 7) is 4.65. The first kappa shape index (κ1) is 32.7. The molecule has 5 rings (SSSR count). The number of carboxylic acid groups (broad SMARTS) is 1. The number of aliphatic hydroxyl groups excluding tert-OH is 1. The van der Waals surface area contributed by atoms with Crippen LogP contribution in [0.4, 0.5) is 4.39 Å². The molecule has 1 unspecified atom stereocenters. The largest absolute Gasteiger partial charge is 0.488 e. The normalized spacial score (nSPS) is 12.3. The van der Waals surface area contributed by atoms with Crippen LogP contribution >= 0.6 is 0 Å². The molecule has 0 bridgehead atoms. The van der Waals surface area contributed by atoms with E-state index in [1.807, 2.05) is 49.4 Å². The van der Waals surface area contributed by atoms with Crippen LogP contribution in [-0.4, -0.2) is 41.0 Å². The number of carbonyl (C=O) groups is 1. The average molecular weight is 616 g/mol. The Kier molecular flexibility index (Phi) is 11.3. The Bertz CT molecular complexity index is 1690. The van der Waals surface area contributed by atoms with Crippen LogP contribution in [-0.2, 0) is 24.6 Å². The summed E-state index contributed by atoms with van der Waals surface area (Å²) in [5, 5.41) is 25.2. The quantitative estimate of drug-likeness (QED) is 0.218. The number of hydrogen-bond acceptors (Lipinski definition) is 9. The number of hydrogen-bond donors (Lipinski definition) is 3. The molecule has 11 heteroatoms.